The van der Waals surface area contributed by atoms with Crippen molar-refractivity contribution in [2.24, 2.45) is 0 Å². The van der Waals surface area contributed by atoms with Crippen molar-refractivity contribution < 1.29 is 31.8 Å². The Balaban J connectivity index is 1.04. The number of aromatic hydroxyl groups is 1. The van der Waals surface area contributed by atoms with E-state index in [1.165, 1.54) is 24.3 Å². The van der Waals surface area contributed by atoms with Crippen LogP contribution in [0.1, 0.15) is 62.0 Å². The third kappa shape index (κ3) is 5.88. The number of fused-ring (bicyclic) bond motifs is 7. The number of halogens is 3. The molecule has 3 aromatic heterocycles. The van der Waals surface area contributed by atoms with Gasteiger partial charge < -0.3 is 23.6 Å². The van der Waals surface area contributed by atoms with E-state index in [0.717, 1.165) is 44.2 Å². The molecule has 11 nitrogen and oxygen atoms in total. The number of nitrogens with zero attached hydrogens (tertiary/aromatic N) is 6. The van der Waals surface area contributed by atoms with Gasteiger partial charge in [0.2, 0.25) is 0 Å². The van der Waals surface area contributed by atoms with Gasteiger partial charge in [0.1, 0.15) is 41.4 Å². The van der Waals surface area contributed by atoms with Crippen LogP contribution in [-0.4, -0.2) is 85.9 Å². The molecule has 5 aliphatic heterocycles. The molecular formula is C46H41F3N6O5. The smallest absolute Gasteiger partial charge is 0.508 e. The summed E-state index contributed by atoms with van der Waals surface area (Å²) >= 11 is 0. The molecule has 0 spiro atoms. The fraction of sp³-hybridized carbons (Fsp3) is 0.391. The molecule has 0 aliphatic carbocycles. The Morgan fingerprint density at radius 3 is 2.70 bits per heavy atom. The van der Waals surface area contributed by atoms with Crippen LogP contribution in [0.4, 0.5) is 19.0 Å². The lowest BCUT2D eigenvalue weighted by molar-refractivity contribution is 0.106. The molecule has 1 N–H and O–H groups in total. The lowest BCUT2D eigenvalue weighted by Gasteiger charge is -2.48. The van der Waals surface area contributed by atoms with Gasteiger partial charge in [-0.3, -0.25) is 9.80 Å². The number of aryl methyl sites for hydroxylation is 1. The fourth-order valence-electron chi connectivity index (χ4n) is 11.1. The fourth-order valence-corrected chi connectivity index (χ4v) is 11.1. The third-order valence-corrected chi connectivity index (χ3v) is 13.6. The summed E-state index contributed by atoms with van der Waals surface area (Å²) in [6, 6.07) is 15.0. The number of hydrogen-bond acceptors (Lipinski definition) is 11. The van der Waals surface area contributed by atoms with E-state index in [9.17, 15) is 14.3 Å². The Bertz CT molecular complexity index is 2810. The van der Waals surface area contributed by atoms with E-state index >= 15 is 8.78 Å². The molecular weight excluding hydrogens is 774 g/mol. The maximum atomic E-state index is 17.6. The van der Waals surface area contributed by atoms with E-state index in [2.05, 4.69) is 20.6 Å². The van der Waals surface area contributed by atoms with Crippen LogP contribution in [-0.2, 0) is 13.0 Å². The number of alkyl halides is 1. The van der Waals surface area contributed by atoms with Crippen LogP contribution >= 0.6 is 0 Å². The molecule has 60 heavy (non-hydrogen) atoms. The Hall–Kier alpha value is -5.91. The van der Waals surface area contributed by atoms with Gasteiger partial charge in [-0.05, 0) is 75.1 Å². The van der Waals surface area contributed by atoms with E-state index < -0.39 is 29.2 Å². The number of anilines is 1. The molecule has 0 unspecified atom stereocenters. The molecule has 2 bridgehead atoms. The quantitative estimate of drug-likeness (QED) is 0.161. The van der Waals surface area contributed by atoms with Crippen molar-refractivity contribution in [2.45, 2.75) is 87.7 Å². The van der Waals surface area contributed by atoms with Gasteiger partial charge in [0, 0.05) is 54.1 Å². The van der Waals surface area contributed by atoms with Crippen LogP contribution in [0.25, 0.3) is 44.3 Å². The minimum absolute atomic E-state index is 0.0103. The van der Waals surface area contributed by atoms with Crippen LogP contribution in [0.3, 0.4) is 0 Å². The highest BCUT2D eigenvalue weighted by Crippen LogP contribution is 2.46. The lowest BCUT2D eigenvalue weighted by Crippen LogP contribution is -2.60. The Labute approximate surface area is 342 Å². The maximum absolute atomic E-state index is 17.6. The van der Waals surface area contributed by atoms with Crippen molar-refractivity contribution in [3.05, 3.63) is 93.9 Å². The highest BCUT2D eigenvalue weighted by molar-refractivity contribution is 6.03. The molecule has 5 aliphatic rings. The van der Waals surface area contributed by atoms with Crippen LogP contribution in [0.2, 0.25) is 0 Å². The molecule has 4 fully saturated rings. The molecule has 0 saturated carbocycles. The number of hydrogen-bond donors (Lipinski definition) is 1. The second kappa shape index (κ2) is 14.1. The summed E-state index contributed by atoms with van der Waals surface area (Å²) in [7, 11) is 0. The topological polar surface area (TPSA) is 121 Å². The van der Waals surface area contributed by atoms with Gasteiger partial charge in [-0.2, -0.15) is 9.97 Å². The van der Waals surface area contributed by atoms with Gasteiger partial charge in [-0.25, -0.2) is 22.9 Å². The monoisotopic (exact) mass is 814 g/mol. The van der Waals surface area contributed by atoms with E-state index in [0.29, 0.717) is 72.7 Å². The average molecular weight is 815 g/mol. The van der Waals surface area contributed by atoms with Crippen molar-refractivity contribution in [1.29, 1.82) is 0 Å². The highest BCUT2D eigenvalue weighted by Gasteiger charge is 2.50. The normalized spacial score (nSPS) is 25.0. The number of aromatic nitrogens is 3. The molecule has 14 heteroatoms. The van der Waals surface area contributed by atoms with Gasteiger partial charge >= 0.3 is 11.8 Å². The van der Waals surface area contributed by atoms with Crippen molar-refractivity contribution in [3.8, 4) is 46.7 Å². The summed E-state index contributed by atoms with van der Waals surface area (Å²) in [4.78, 5) is 34.1. The van der Waals surface area contributed by atoms with Crippen LogP contribution in [0.5, 0.6) is 11.8 Å². The minimum atomic E-state index is -0.963. The highest BCUT2D eigenvalue weighted by atomic mass is 19.1. The van der Waals surface area contributed by atoms with Crippen molar-refractivity contribution in [2.75, 3.05) is 31.1 Å². The molecule has 3 aromatic carbocycles. The zero-order valence-electron chi connectivity index (χ0n) is 32.7. The Morgan fingerprint density at radius 2 is 1.85 bits per heavy atom. The van der Waals surface area contributed by atoms with Crippen molar-refractivity contribution in [1.82, 2.24) is 24.8 Å². The van der Waals surface area contributed by atoms with E-state index in [4.69, 9.17) is 34.9 Å². The first-order chi connectivity index (χ1) is 29.2. The first-order valence-corrected chi connectivity index (χ1v) is 20.7. The Kier molecular flexibility index (Phi) is 8.72. The van der Waals surface area contributed by atoms with E-state index in [-0.39, 0.29) is 64.2 Å². The van der Waals surface area contributed by atoms with E-state index in [1.54, 1.807) is 0 Å². The number of benzene rings is 3. The number of phenols is 1. The Morgan fingerprint density at radius 1 is 0.983 bits per heavy atom. The van der Waals surface area contributed by atoms with Gasteiger partial charge in [-0.1, -0.05) is 42.3 Å². The molecule has 0 radical (unpaired) electrons. The number of piperazine rings is 1. The minimum Gasteiger partial charge on any atom is -0.508 e. The second-order valence-corrected chi connectivity index (χ2v) is 17.0. The summed E-state index contributed by atoms with van der Waals surface area (Å²) < 4.78 is 65.3. The number of terminal acetylenes is 1. The number of pyridine rings is 1. The SMILES string of the molecule is C#Cc1c(F)ccc2cc(O)cc(-c3nc4c5c(nc(OC[C@@]67CCCN6C[C@H](F)C7)nc5c3F)N3C[C@H]5CC[C@@H]([C@H]3CCC4)N5Cc3oc(=O)oc3-c3ccccc3)c12. The standard InChI is InChI=1S/C46H41F3N6O5/c1-2-30-32(48)14-12-26-18-29(56)19-31(37(26)30)40-39(49)41-38-33(50-40)10-6-11-34-35-15-13-28(54(35)23-36-42(60-45(57)59-36)25-8-4-3-5-9-25)22-55(34)43(38)52-44(51-41)58-24-46-16-7-17-53(46)21-27(47)20-46/h1,3-5,8-9,12,14,18-19,27-28,34-35,56H,6-7,10-11,13,15-17,20-24H2/t27-,28-,34-,35+,46+/m1/s1. The summed E-state index contributed by atoms with van der Waals surface area (Å²) in [5.74, 6) is 1.48. The van der Waals surface area contributed by atoms with Gasteiger partial charge in [-0.15, -0.1) is 6.42 Å². The van der Waals surface area contributed by atoms with Crippen LogP contribution in [0, 0.1) is 24.0 Å². The van der Waals surface area contributed by atoms with Gasteiger partial charge in [0.25, 0.3) is 0 Å². The van der Waals surface area contributed by atoms with Crippen molar-refractivity contribution >= 4 is 27.5 Å². The third-order valence-electron chi connectivity index (χ3n) is 13.6. The predicted molar refractivity (Wildman–Crippen MR) is 217 cm³/mol. The van der Waals surface area contributed by atoms with Gasteiger partial charge in [0.05, 0.1) is 28.7 Å². The summed E-state index contributed by atoms with van der Waals surface area (Å²) in [6.07, 6.45) is 10.6. The number of ether oxygens (including phenoxy) is 1. The molecule has 6 aromatic rings. The summed E-state index contributed by atoms with van der Waals surface area (Å²) in [6.45, 7) is 2.20. The molecule has 306 valence electrons. The number of phenolic OH excluding ortho intramolecular Hbond substituents is 1. The molecule has 5 atom stereocenters. The second-order valence-electron chi connectivity index (χ2n) is 17.0. The summed E-state index contributed by atoms with van der Waals surface area (Å²) in [5, 5.41) is 12.0. The molecule has 8 heterocycles. The average Bonchev–Trinajstić information content (AvgIpc) is 3.97. The predicted octanol–water partition coefficient (Wildman–Crippen LogP) is 7.54. The molecule has 0 amide bonds. The number of rotatable bonds is 7. The maximum Gasteiger partial charge on any atom is 0.519 e. The van der Waals surface area contributed by atoms with Crippen molar-refractivity contribution in [3.63, 3.8) is 0 Å². The molecule has 4 saturated heterocycles. The zero-order valence-corrected chi connectivity index (χ0v) is 32.7. The van der Waals surface area contributed by atoms with Crippen LogP contribution < -0.4 is 15.5 Å². The first kappa shape index (κ1) is 37.1. The first-order valence-electron chi connectivity index (χ1n) is 20.7. The lowest BCUT2D eigenvalue weighted by atomic mass is 9.92. The summed E-state index contributed by atoms with van der Waals surface area (Å²) in [5.41, 5.74) is 0.772. The zero-order chi connectivity index (χ0) is 40.9. The van der Waals surface area contributed by atoms with Crippen LogP contribution in [0.15, 0.2) is 68.2 Å². The van der Waals surface area contributed by atoms with Gasteiger partial charge in [0.15, 0.2) is 17.3 Å². The van der Waals surface area contributed by atoms with E-state index in [1.807, 2.05) is 30.3 Å². The molecule has 11 rings (SSSR count). The largest absolute Gasteiger partial charge is 0.519 e.